The molecule has 0 spiro atoms. The van der Waals surface area contributed by atoms with Crippen LogP contribution in [-0.4, -0.2) is 26.4 Å². The van der Waals surface area contributed by atoms with Crippen LogP contribution in [0.25, 0.3) is 0 Å². The van der Waals surface area contributed by atoms with Gasteiger partial charge < -0.3 is 5.32 Å². The van der Waals surface area contributed by atoms with Gasteiger partial charge in [0.05, 0.1) is 4.90 Å². The van der Waals surface area contributed by atoms with E-state index in [2.05, 4.69) is 21.2 Å². The first-order valence-electron chi connectivity index (χ1n) is 7.14. The summed E-state index contributed by atoms with van der Waals surface area (Å²) in [6, 6.07) is 12.9. The first-order valence-corrected chi connectivity index (χ1v) is 9.83. The third-order valence-corrected chi connectivity index (χ3v) is 4.93. The Morgan fingerprint density at radius 2 is 1.71 bits per heavy atom. The molecule has 24 heavy (non-hydrogen) atoms. The van der Waals surface area contributed by atoms with E-state index in [0.717, 1.165) is 10.7 Å². The molecule has 0 aliphatic carbocycles. The second-order valence-electron chi connectivity index (χ2n) is 5.28. The minimum atomic E-state index is -3.34. The quantitative estimate of drug-likeness (QED) is 0.740. The van der Waals surface area contributed by atoms with Crippen LogP contribution < -0.4 is 5.32 Å². The molecule has 0 radical (unpaired) electrons. The van der Waals surface area contributed by atoms with Gasteiger partial charge in [-0.3, -0.25) is 9.59 Å². The fourth-order valence-corrected chi connectivity index (χ4v) is 2.97. The van der Waals surface area contributed by atoms with Crippen molar-refractivity contribution in [1.29, 1.82) is 0 Å². The van der Waals surface area contributed by atoms with Crippen molar-refractivity contribution in [3.63, 3.8) is 0 Å². The van der Waals surface area contributed by atoms with Crippen molar-refractivity contribution < 1.29 is 18.0 Å². The van der Waals surface area contributed by atoms with E-state index < -0.39 is 9.84 Å². The van der Waals surface area contributed by atoms with Gasteiger partial charge in [0.15, 0.2) is 15.6 Å². The predicted octanol–water partition coefficient (Wildman–Crippen LogP) is 3.45. The summed E-state index contributed by atoms with van der Waals surface area (Å²) in [5, 5.41) is 2.61. The fourth-order valence-electron chi connectivity index (χ4n) is 2.04. The van der Waals surface area contributed by atoms with E-state index in [9.17, 15) is 18.0 Å². The number of anilines is 1. The second kappa shape index (κ2) is 7.72. The molecule has 126 valence electrons. The molecule has 0 heterocycles. The van der Waals surface area contributed by atoms with Gasteiger partial charge in [-0.1, -0.05) is 34.1 Å². The summed E-state index contributed by atoms with van der Waals surface area (Å²) in [4.78, 5) is 24.1. The van der Waals surface area contributed by atoms with Crippen LogP contribution in [0.3, 0.4) is 0 Å². The summed E-state index contributed by atoms with van der Waals surface area (Å²) < 4.78 is 23.9. The van der Waals surface area contributed by atoms with Gasteiger partial charge >= 0.3 is 0 Å². The van der Waals surface area contributed by atoms with Crippen LogP contribution in [0.2, 0.25) is 0 Å². The number of benzene rings is 2. The zero-order chi connectivity index (χ0) is 17.7. The van der Waals surface area contributed by atoms with Crippen molar-refractivity contribution >= 4 is 43.1 Å². The van der Waals surface area contributed by atoms with E-state index in [4.69, 9.17) is 0 Å². The number of carbonyl (C=O) groups excluding carboxylic acids is 2. The number of ketones is 1. The smallest absolute Gasteiger partial charge is 0.224 e. The molecule has 2 rings (SSSR count). The molecule has 2 aromatic rings. The number of sulfone groups is 1. The summed E-state index contributed by atoms with van der Waals surface area (Å²) in [6.07, 6.45) is 1.21. The highest BCUT2D eigenvalue weighted by Gasteiger charge is 2.11. The maximum atomic E-state index is 12.0. The number of hydrogen-bond donors (Lipinski definition) is 1. The van der Waals surface area contributed by atoms with Crippen molar-refractivity contribution in [2.75, 3.05) is 11.6 Å². The summed E-state index contributed by atoms with van der Waals surface area (Å²) in [5.74, 6) is -0.464. The molecule has 0 aliphatic rings. The fraction of sp³-hybridized carbons (Fsp3) is 0.176. The number of amides is 1. The lowest BCUT2D eigenvalue weighted by Crippen LogP contribution is -2.14. The normalized spacial score (nSPS) is 11.1. The Hall–Kier alpha value is -1.99. The van der Waals surface area contributed by atoms with E-state index in [1.807, 2.05) is 0 Å². The SMILES string of the molecule is CS(=O)(=O)c1cccc(NC(=O)CCC(=O)c2ccc(Br)cc2)c1. The maximum absolute atomic E-state index is 12.0. The van der Waals surface area contributed by atoms with E-state index in [1.54, 1.807) is 36.4 Å². The molecule has 5 nitrogen and oxygen atoms in total. The number of Topliss-reactive ketones (excluding diaryl/α,β-unsaturated/α-hetero) is 1. The van der Waals surface area contributed by atoms with Crippen molar-refractivity contribution in [3.05, 3.63) is 58.6 Å². The number of halogens is 1. The van der Waals surface area contributed by atoms with Crippen molar-refractivity contribution in [3.8, 4) is 0 Å². The molecular weight excluding hydrogens is 394 g/mol. The van der Waals surface area contributed by atoms with Gasteiger partial charge in [-0.2, -0.15) is 0 Å². The van der Waals surface area contributed by atoms with E-state index >= 15 is 0 Å². The van der Waals surface area contributed by atoms with Gasteiger partial charge in [0.1, 0.15) is 0 Å². The molecule has 0 saturated carbocycles. The highest BCUT2D eigenvalue weighted by molar-refractivity contribution is 9.10. The summed E-state index contributed by atoms with van der Waals surface area (Å²) in [6.45, 7) is 0. The van der Waals surface area contributed by atoms with Gasteiger partial charge in [-0.05, 0) is 30.3 Å². The molecule has 0 fully saturated rings. The average Bonchev–Trinajstić information content (AvgIpc) is 2.53. The van der Waals surface area contributed by atoms with E-state index in [0.29, 0.717) is 11.3 Å². The van der Waals surface area contributed by atoms with Crippen LogP contribution >= 0.6 is 15.9 Å². The molecule has 0 saturated heterocycles. The van der Waals surface area contributed by atoms with Gasteiger partial charge in [0.2, 0.25) is 5.91 Å². The van der Waals surface area contributed by atoms with E-state index in [-0.39, 0.29) is 29.4 Å². The standard InChI is InChI=1S/C17H16BrNO4S/c1-24(22,23)15-4-2-3-14(11-15)19-17(21)10-9-16(20)12-5-7-13(18)8-6-12/h2-8,11H,9-10H2,1H3,(H,19,21). The molecule has 0 atom stereocenters. The zero-order valence-electron chi connectivity index (χ0n) is 13.0. The maximum Gasteiger partial charge on any atom is 0.224 e. The van der Waals surface area contributed by atoms with Gasteiger partial charge in [0, 0.05) is 34.8 Å². The number of rotatable bonds is 6. The molecule has 0 aromatic heterocycles. The molecule has 0 unspecified atom stereocenters. The molecule has 0 aliphatic heterocycles. The Balaban J connectivity index is 1.94. The Bertz CT molecular complexity index is 860. The Kier molecular flexibility index (Phi) is 5.90. The van der Waals surface area contributed by atoms with Crippen LogP contribution in [0, 0.1) is 0 Å². The number of carbonyl (C=O) groups is 2. The van der Waals surface area contributed by atoms with Gasteiger partial charge in [-0.25, -0.2) is 8.42 Å². The third-order valence-electron chi connectivity index (χ3n) is 3.29. The Labute approximate surface area is 149 Å². The lowest BCUT2D eigenvalue weighted by atomic mass is 10.1. The lowest BCUT2D eigenvalue weighted by Gasteiger charge is -2.07. The molecule has 1 amide bonds. The number of hydrogen-bond acceptors (Lipinski definition) is 4. The highest BCUT2D eigenvalue weighted by Crippen LogP contribution is 2.16. The van der Waals surface area contributed by atoms with Crippen LogP contribution in [0.1, 0.15) is 23.2 Å². The van der Waals surface area contributed by atoms with Crippen LogP contribution in [0.4, 0.5) is 5.69 Å². The largest absolute Gasteiger partial charge is 0.326 e. The molecule has 1 N–H and O–H groups in total. The monoisotopic (exact) mass is 409 g/mol. The number of nitrogens with one attached hydrogen (secondary N) is 1. The van der Waals surface area contributed by atoms with Crippen molar-refractivity contribution in [2.45, 2.75) is 17.7 Å². The van der Waals surface area contributed by atoms with Crippen LogP contribution in [-0.2, 0) is 14.6 Å². The first-order chi connectivity index (χ1) is 11.3. The lowest BCUT2D eigenvalue weighted by molar-refractivity contribution is -0.116. The van der Waals surface area contributed by atoms with Gasteiger partial charge in [0.25, 0.3) is 0 Å². The Morgan fingerprint density at radius 3 is 2.33 bits per heavy atom. The van der Waals surface area contributed by atoms with Crippen LogP contribution in [0.15, 0.2) is 57.9 Å². The van der Waals surface area contributed by atoms with Gasteiger partial charge in [-0.15, -0.1) is 0 Å². The summed E-state index contributed by atoms with van der Waals surface area (Å²) >= 11 is 3.30. The van der Waals surface area contributed by atoms with Crippen molar-refractivity contribution in [2.24, 2.45) is 0 Å². The van der Waals surface area contributed by atoms with Crippen LogP contribution in [0.5, 0.6) is 0 Å². The minimum absolute atomic E-state index is 0.0258. The highest BCUT2D eigenvalue weighted by atomic mass is 79.9. The molecule has 7 heteroatoms. The van der Waals surface area contributed by atoms with E-state index in [1.165, 1.54) is 12.1 Å². The summed E-state index contributed by atoms with van der Waals surface area (Å²) in [7, 11) is -3.34. The first kappa shape index (κ1) is 18.4. The second-order valence-corrected chi connectivity index (χ2v) is 8.21. The summed E-state index contributed by atoms with van der Waals surface area (Å²) in [5.41, 5.74) is 0.934. The average molecular weight is 410 g/mol. The zero-order valence-corrected chi connectivity index (χ0v) is 15.4. The third kappa shape index (κ3) is 5.28. The molecular formula is C17H16BrNO4S. The minimum Gasteiger partial charge on any atom is -0.326 e. The molecule has 0 bridgehead atoms. The van der Waals surface area contributed by atoms with Crippen molar-refractivity contribution in [1.82, 2.24) is 0 Å². The topological polar surface area (TPSA) is 80.3 Å². The predicted molar refractivity (Wildman–Crippen MR) is 95.9 cm³/mol. The Morgan fingerprint density at radius 1 is 1.04 bits per heavy atom. The molecule has 2 aromatic carbocycles.